The fraction of sp³-hybridized carbons (Fsp3) is 0.481. The van der Waals surface area contributed by atoms with E-state index < -0.39 is 16.6 Å². The molecule has 0 unspecified atom stereocenters. The van der Waals surface area contributed by atoms with Crippen molar-refractivity contribution in [2.45, 2.75) is 65.5 Å². The Balaban J connectivity index is 0.000000328. The number of benzene rings is 2. The summed E-state index contributed by atoms with van der Waals surface area (Å²) in [5, 5.41) is 0. The third-order valence-corrected chi connectivity index (χ3v) is 7.61. The number of anilines is 2. The van der Waals surface area contributed by atoms with Crippen LogP contribution in [0.1, 0.15) is 40.3 Å². The molecule has 0 aliphatic carbocycles. The topological polar surface area (TPSA) is 42.0 Å². The van der Waals surface area contributed by atoms with Crippen molar-refractivity contribution >= 4 is 33.9 Å². The van der Waals surface area contributed by atoms with Crippen molar-refractivity contribution in [2.75, 3.05) is 30.0 Å². The summed E-state index contributed by atoms with van der Waals surface area (Å²) in [7, 11) is 1.37. The Labute approximate surface area is 206 Å². The number of rotatable bonds is 5. The largest absolute Gasteiger partial charge is 0.339 e. The second-order valence-corrected chi connectivity index (χ2v) is 14.2. The number of esters is 1. The summed E-state index contributed by atoms with van der Waals surface area (Å²) in [6.45, 7) is 20.4. The molecule has 2 aromatic rings. The van der Waals surface area contributed by atoms with Crippen LogP contribution in [0, 0.1) is 48.2 Å². The molecule has 0 bridgehead atoms. The summed E-state index contributed by atoms with van der Waals surface area (Å²) >= 11 is -1.51. The van der Waals surface area contributed by atoms with Crippen molar-refractivity contribution in [1.82, 2.24) is 0 Å². The number of carbonyl (C=O) groups is 1. The van der Waals surface area contributed by atoms with E-state index in [9.17, 15) is 4.79 Å². The van der Waals surface area contributed by atoms with Gasteiger partial charge in [0, 0.05) is 24.5 Å². The number of methoxy groups -OCH3 is 1. The van der Waals surface area contributed by atoms with Crippen LogP contribution >= 0.6 is 0 Å². The molecule has 0 aromatic heterocycles. The van der Waals surface area contributed by atoms with E-state index in [1.54, 1.807) is 6.92 Å². The Bertz CT molecular complexity index is 864. The van der Waals surface area contributed by atoms with E-state index in [-0.39, 0.29) is 12.1 Å². The molecule has 2 aromatic carbocycles. The predicted molar refractivity (Wildman–Crippen MR) is 139 cm³/mol. The number of ether oxygens (including phenoxy) is 1. The van der Waals surface area contributed by atoms with Crippen molar-refractivity contribution in [3.8, 4) is 0 Å². The summed E-state index contributed by atoms with van der Waals surface area (Å²) in [5.74, 6) is -0.278. The van der Waals surface area contributed by atoms with E-state index in [0.29, 0.717) is 0 Å². The molecule has 2 radical (unpaired) electrons. The first-order valence-corrected chi connectivity index (χ1v) is 17.5. The van der Waals surface area contributed by atoms with Crippen LogP contribution in [0.4, 0.5) is 11.4 Å². The van der Waals surface area contributed by atoms with Crippen molar-refractivity contribution in [2.24, 2.45) is 0 Å². The Kier molecular flexibility index (Phi) is 9.94. The first-order valence-electron chi connectivity index (χ1n) is 11.6. The third-order valence-electron chi connectivity index (χ3n) is 5.61. The summed E-state index contributed by atoms with van der Waals surface area (Å²) < 4.78 is 9.79. The van der Waals surface area contributed by atoms with Crippen LogP contribution in [-0.4, -0.2) is 48.9 Å². The van der Waals surface area contributed by atoms with Crippen LogP contribution in [-0.2, 0) is 13.1 Å². The van der Waals surface area contributed by atoms with E-state index in [0.717, 1.165) is 13.1 Å². The molecule has 0 N–H and O–H groups in total. The number of hydrogen-bond acceptors (Lipinski definition) is 5. The molecular formula is C27H39GaN2O3. The van der Waals surface area contributed by atoms with Crippen LogP contribution in [0.25, 0.3) is 0 Å². The fourth-order valence-corrected chi connectivity index (χ4v) is 6.54. The maximum atomic E-state index is 10.7. The third kappa shape index (κ3) is 7.29. The van der Waals surface area contributed by atoms with Gasteiger partial charge in [0.2, 0.25) is 6.67 Å². The second kappa shape index (κ2) is 12.0. The zero-order chi connectivity index (χ0) is 24.9. The normalized spacial score (nSPS) is 14.0. The minimum Gasteiger partial charge on any atom is -0.339 e. The molecule has 1 fully saturated rings. The molecule has 6 heteroatoms. The average molecular weight is 509 g/mol. The van der Waals surface area contributed by atoms with Gasteiger partial charge in [-0.2, -0.15) is 0 Å². The number of nitrogens with zero attached hydrogens (tertiary/aromatic N) is 2. The van der Waals surface area contributed by atoms with Crippen molar-refractivity contribution in [3.63, 3.8) is 0 Å². The minimum absolute atomic E-state index is 0.278. The Morgan fingerprint density at radius 2 is 1.21 bits per heavy atom. The van der Waals surface area contributed by atoms with E-state index in [4.69, 9.17) is 3.53 Å². The van der Waals surface area contributed by atoms with Gasteiger partial charge in [-0.15, -0.1) is 0 Å². The van der Waals surface area contributed by atoms with Gasteiger partial charge in [0.25, 0.3) is 0 Å². The summed E-state index contributed by atoms with van der Waals surface area (Å²) in [6, 6.07) is 9.04. The Morgan fingerprint density at radius 3 is 1.52 bits per heavy atom. The van der Waals surface area contributed by atoms with Gasteiger partial charge in [-0.3, -0.25) is 0 Å². The monoisotopic (exact) mass is 508 g/mol. The van der Waals surface area contributed by atoms with Gasteiger partial charge in [-0.05, 0) is 63.8 Å². The standard InChI is InChI=1S/C21H26N2.C4H7O3.2CH3.Ga/c1-14-9-16(3)20(17(4)10-14)22-7-8-23(13-22)21-18(5)11-15(2)12-19(21)6;1-3(5)4(6)7-2;;;/h9-12H,7-8H2,1-6H3;3H,1-2H3;2*1H3;/q;-1;;;+1/t;3-;;;/m.0.../s1. The Hall–Kier alpha value is -1.89. The van der Waals surface area contributed by atoms with E-state index >= 15 is 0 Å². The first kappa shape index (κ1) is 27.4. The minimum atomic E-state index is -1.51. The van der Waals surface area contributed by atoms with Gasteiger partial charge >= 0.3 is 66.7 Å². The smallest absolute Gasteiger partial charge is 0.208 e. The average Bonchev–Trinajstić information content (AvgIpc) is 3.14. The molecule has 0 spiro atoms. The molecule has 1 heterocycles. The van der Waals surface area contributed by atoms with Gasteiger partial charge in [-0.25, -0.2) is 0 Å². The molecule has 0 amide bonds. The molecule has 1 aliphatic rings. The first-order chi connectivity index (χ1) is 15.4. The zero-order valence-corrected chi connectivity index (χ0v) is 24.4. The van der Waals surface area contributed by atoms with Crippen LogP contribution in [0.15, 0.2) is 24.3 Å². The molecule has 1 aliphatic heterocycles. The van der Waals surface area contributed by atoms with Gasteiger partial charge in [-0.1, -0.05) is 35.4 Å². The van der Waals surface area contributed by atoms with Crippen LogP contribution in [0.5, 0.6) is 0 Å². The van der Waals surface area contributed by atoms with Crippen LogP contribution < -0.4 is 9.80 Å². The van der Waals surface area contributed by atoms with Crippen molar-refractivity contribution < 1.29 is 13.1 Å². The summed E-state index contributed by atoms with van der Waals surface area (Å²) in [4.78, 5) is 15.3. The quantitative estimate of drug-likeness (QED) is 0.384. The molecule has 33 heavy (non-hydrogen) atoms. The summed E-state index contributed by atoms with van der Waals surface area (Å²) in [6.07, 6.45) is -0.370. The molecular weight excluding hydrogens is 470 g/mol. The van der Waals surface area contributed by atoms with Gasteiger partial charge in [0.05, 0.1) is 0 Å². The molecule has 3 rings (SSSR count). The molecule has 1 atom stereocenters. The Morgan fingerprint density at radius 1 is 0.848 bits per heavy atom. The van der Waals surface area contributed by atoms with Crippen LogP contribution in [0.3, 0.4) is 0 Å². The molecule has 5 nitrogen and oxygen atoms in total. The van der Waals surface area contributed by atoms with E-state index in [1.807, 2.05) is 0 Å². The van der Waals surface area contributed by atoms with E-state index in [2.05, 4.69) is 98.0 Å². The zero-order valence-electron chi connectivity index (χ0n) is 22.0. The van der Waals surface area contributed by atoms with Crippen LogP contribution in [0.2, 0.25) is 11.0 Å². The fourth-order valence-electron chi connectivity index (χ4n) is 4.60. The SMILES string of the molecule is COC(=O)[C@H](C)[O][Ga]([CH3])[CH3].Cc1cc(C)c(N2[C]N(c3c(C)cc(C)cc3C)CC2)c(C)c1. The van der Waals surface area contributed by atoms with E-state index in [1.165, 1.54) is 51.9 Å². The van der Waals surface area contributed by atoms with Crippen molar-refractivity contribution in [3.05, 3.63) is 64.3 Å². The van der Waals surface area contributed by atoms with Gasteiger partial charge in [0.1, 0.15) is 0 Å². The summed E-state index contributed by atoms with van der Waals surface area (Å²) in [5.41, 5.74) is 14.7. The number of aryl methyl sites for hydroxylation is 6. The number of carbonyl (C=O) groups excluding carboxylic acids is 1. The maximum absolute atomic E-state index is 10.7. The molecule has 1 saturated heterocycles. The van der Waals surface area contributed by atoms with Crippen molar-refractivity contribution in [1.29, 1.82) is 0 Å². The second-order valence-electron chi connectivity index (χ2n) is 9.25. The molecule has 0 saturated carbocycles. The number of hydrogen-bond donors (Lipinski definition) is 0. The van der Waals surface area contributed by atoms with Gasteiger partial charge < -0.3 is 9.80 Å². The molecule has 178 valence electrons. The predicted octanol–water partition coefficient (Wildman–Crippen LogP) is 5.68. The van der Waals surface area contributed by atoms with Gasteiger partial charge in [0.15, 0.2) is 0 Å². The maximum Gasteiger partial charge on any atom is 0.208 e.